The molecule has 0 fully saturated rings. The Morgan fingerprint density at radius 2 is 2.20 bits per heavy atom. The summed E-state index contributed by atoms with van der Waals surface area (Å²) in [7, 11) is 0. The summed E-state index contributed by atoms with van der Waals surface area (Å²) in [6.45, 7) is -0.166. The number of hydrogen-bond donors (Lipinski definition) is 0. The van der Waals surface area contributed by atoms with Gasteiger partial charge in [-0.25, -0.2) is 9.97 Å². The minimum atomic E-state index is -4.13. The van der Waals surface area contributed by atoms with Gasteiger partial charge < -0.3 is 0 Å². The fraction of sp³-hybridized carbons (Fsp3) is 0.556. The Bertz CT molecular complexity index is 351. The number of nitrogens with zero attached hydrogens (tertiary/aromatic N) is 3. The van der Waals surface area contributed by atoms with Crippen LogP contribution in [0.2, 0.25) is 0 Å². The third kappa shape index (κ3) is 2.65. The van der Waals surface area contributed by atoms with Crippen LogP contribution in [-0.2, 0) is 13.0 Å². The van der Waals surface area contributed by atoms with Crippen molar-refractivity contribution in [2.75, 3.05) is 13.1 Å². The van der Waals surface area contributed by atoms with Crippen LogP contribution in [0, 0.1) is 0 Å². The quantitative estimate of drug-likeness (QED) is 0.712. The zero-order valence-electron chi connectivity index (χ0n) is 7.96. The lowest BCUT2D eigenvalue weighted by Gasteiger charge is -2.28. The summed E-state index contributed by atoms with van der Waals surface area (Å²) >= 11 is 0. The molecule has 0 aliphatic carbocycles. The van der Waals surface area contributed by atoms with E-state index in [0.717, 1.165) is 11.3 Å². The number of hydrogen-bond acceptors (Lipinski definition) is 3. The average Bonchev–Trinajstić information content (AvgIpc) is 2.15. The first-order chi connectivity index (χ1) is 7.04. The molecule has 0 saturated heterocycles. The maximum Gasteiger partial charge on any atom is 0.401 e. The molecule has 0 saturated carbocycles. The Morgan fingerprint density at radius 1 is 1.40 bits per heavy atom. The molecule has 0 radical (unpaired) electrons. The largest absolute Gasteiger partial charge is 0.401 e. The molecule has 1 aliphatic heterocycles. The number of rotatable bonds is 1. The van der Waals surface area contributed by atoms with Crippen LogP contribution in [0.5, 0.6) is 0 Å². The Hall–Kier alpha value is -1.17. The van der Waals surface area contributed by atoms with Crippen molar-refractivity contribution in [3.05, 3.63) is 23.8 Å². The van der Waals surface area contributed by atoms with Crippen LogP contribution in [0.15, 0.2) is 12.5 Å². The topological polar surface area (TPSA) is 29.0 Å². The molecule has 0 N–H and O–H groups in total. The van der Waals surface area contributed by atoms with E-state index in [1.807, 2.05) is 0 Å². The van der Waals surface area contributed by atoms with Gasteiger partial charge in [-0.3, -0.25) is 4.90 Å². The summed E-state index contributed by atoms with van der Waals surface area (Å²) in [4.78, 5) is 9.21. The van der Waals surface area contributed by atoms with E-state index in [4.69, 9.17) is 0 Å². The van der Waals surface area contributed by atoms with Crippen molar-refractivity contribution in [2.45, 2.75) is 19.1 Å². The zero-order valence-corrected chi connectivity index (χ0v) is 7.96. The Labute approximate surface area is 84.9 Å². The highest BCUT2D eigenvalue weighted by Gasteiger charge is 2.32. The summed E-state index contributed by atoms with van der Waals surface area (Å²) in [6.07, 6.45) is -0.551. The first kappa shape index (κ1) is 10.4. The van der Waals surface area contributed by atoms with E-state index in [1.54, 1.807) is 6.20 Å². The van der Waals surface area contributed by atoms with E-state index in [1.165, 1.54) is 11.2 Å². The van der Waals surface area contributed by atoms with Crippen molar-refractivity contribution in [3.63, 3.8) is 0 Å². The van der Waals surface area contributed by atoms with Gasteiger partial charge in [0.15, 0.2) is 0 Å². The maximum absolute atomic E-state index is 12.1. The summed E-state index contributed by atoms with van der Waals surface area (Å²) < 4.78 is 36.4. The van der Waals surface area contributed by atoms with E-state index in [9.17, 15) is 13.2 Å². The van der Waals surface area contributed by atoms with Gasteiger partial charge in [-0.05, 0) is 0 Å². The molecular weight excluding hydrogens is 207 g/mol. The number of alkyl halides is 3. The fourth-order valence-electron chi connectivity index (χ4n) is 1.71. The van der Waals surface area contributed by atoms with Crippen molar-refractivity contribution in [2.24, 2.45) is 0 Å². The molecule has 0 amide bonds. The second kappa shape index (κ2) is 3.77. The van der Waals surface area contributed by atoms with Crippen molar-refractivity contribution in [1.29, 1.82) is 0 Å². The normalized spacial score (nSPS) is 17.5. The molecule has 6 heteroatoms. The lowest BCUT2D eigenvalue weighted by atomic mass is 10.1. The van der Waals surface area contributed by atoms with Crippen LogP contribution in [0.3, 0.4) is 0 Å². The van der Waals surface area contributed by atoms with Crippen LogP contribution < -0.4 is 0 Å². The Morgan fingerprint density at radius 3 is 2.93 bits per heavy atom. The summed E-state index contributed by atoms with van der Waals surface area (Å²) in [6, 6.07) is 0. The molecule has 0 unspecified atom stereocenters. The number of aromatic nitrogens is 2. The van der Waals surface area contributed by atoms with Gasteiger partial charge >= 0.3 is 6.18 Å². The maximum atomic E-state index is 12.1. The molecule has 2 heterocycles. The monoisotopic (exact) mass is 217 g/mol. The van der Waals surface area contributed by atoms with E-state index in [0.29, 0.717) is 13.0 Å². The van der Waals surface area contributed by atoms with Gasteiger partial charge in [-0.2, -0.15) is 13.2 Å². The Balaban J connectivity index is 2.06. The lowest BCUT2D eigenvalue weighted by molar-refractivity contribution is -0.147. The molecule has 0 aromatic carbocycles. The first-order valence-electron chi connectivity index (χ1n) is 4.61. The summed E-state index contributed by atoms with van der Waals surface area (Å²) in [5.41, 5.74) is 1.66. The van der Waals surface area contributed by atoms with Crippen molar-refractivity contribution in [1.82, 2.24) is 14.9 Å². The second-order valence-electron chi connectivity index (χ2n) is 3.57. The highest BCUT2D eigenvalue weighted by Crippen LogP contribution is 2.21. The van der Waals surface area contributed by atoms with Crippen LogP contribution in [0.1, 0.15) is 11.3 Å². The van der Waals surface area contributed by atoms with E-state index < -0.39 is 12.7 Å². The van der Waals surface area contributed by atoms with Gasteiger partial charge in [0.25, 0.3) is 0 Å². The SMILES string of the molecule is FC(F)(F)CN1CCc2ncncc2C1. The zero-order chi connectivity index (χ0) is 10.9. The van der Waals surface area contributed by atoms with Gasteiger partial charge in [0, 0.05) is 37.0 Å². The van der Waals surface area contributed by atoms with E-state index in [-0.39, 0.29) is 6.54 Å². The van der Waals surface area contributed by atoms with Gasteiger partial charge in [0.1, 0.15) is 6.33 Å². The molecule has 2 rings (SSSR count). The average molecular weight is 217 g/mol. The molecule has 1 aliphatic rings. The standard InChI is InChI=1S/C9H10F3N3/c10-9(11,12)5-15-2-1-8-7(4-15)3-13-6-14-8/h3,6H,1-2,4-5H2. The smallest absolute Gasteiger partial charge is 0.290 e. The van der Waals surface area contributed by atoms with Crippen molar-refractivity contribution >= 4 is 0 Å². The van der Waals surface area contributed by atoms with Crippen LogP contribution in [0.25, 0.3) is 0 Å². The van der Waals surface area contributed by atoms with Gasteiger partial charge in [0.2, 0.25) is 0 Å². The van der Waals surface area contributed by atoms with E-state index in [2.05, 4.69) is 9.97 Å². The lowest BCUT2D eigenvalue weighted by Crippen LogP contribution is -2.38. The number of fused-ring (bicyclic) bond motifs is 1. The highest BCUT2D eigenvalue weighted by atomic mass is 19.4. The fourth-order valence-corrected chi connectivity index (χ4v) is 1.71. The molecular formula is C9H10F3N3. The van der Waals surface area contributed by atoms with E-state index >= 15 is 0 Å². The second-order valence-corrected chi connectivity index (χ2v) is 3.57. The third-order valence-corrected chi connectivity index (χ3v) is 2.34. The van der Waals surface area contributed by atoms with Crippen LogP contribution >= 0.6 is 0 Å². The predicted molar refractivity (Wildman–Crippen MR) is 47.1 cm³/mol. The molecule has 82 valence electrons. The summed E-state index contributed by atoms with van der Waals surface area (Å²) in [5, 5.41) is 0. The molecule has 1 aromatic heterocycles. The van der Waals surface area contributed by atoms with Crippen molar-refractivity contribution < 1.29 is 13.2 Å². The van der Waals surface area contributed by atoms with Crippen LogP contribution in [-0.4, -0.2) is 34.1 Å². The molecule has 0 atom stereocenters. The Kier molecular flexibility index (Phi) is 2.60. The summed E-state index contributed by atoms with van der Waals surface area (Å²) in [5.74, 6) is 0. The minimum Gasteiger partial charge on any atom is -0.290 e. The predicted octanol–water partition coefficient (Wildman–Crippen LogP) is 1.40. The molecule has 0 bridgehead atoms. The van der Waals surface area contributed by atoms with Crippen LogP contribution in [0.4, 0.5) is 13.2 Å². The van der Waals surface area contributed by atoms with Crippen molar-refractivity contribution in [3.8, 4) is 0 Å². The highest BCUT2D eigenvalue weighted by molar-refractivity contribution is 5.18. The van der Waals surface area contributed by atoms with Gasteiger partial charge in [0.05, 0.1) is 6.54 Å². The molecule has 0 spiro atoms. The minimum absolute atomic E-state index is 0.287. The van der Waals surface area contributed by atoms with Gasteiger partial charge in [-0.1, -0.05) is 0 Å². The molecule has 1 aromatic rings. The molecule has 15 heavy (non-hydrogen) atoms. The third-order valence-electron chi connectivity index (χ3n) is 2.34. The van der Waals surface area contributed by atoms with Gasteiger partial charge in [-0.15, -0.1) is 0 Å². The first-order valence-corrected chi connectivity index (χ1v) is 4.61. The molecule has 3 nitrogen and oxygen atoms in total. The number of halogens is 3.